The first-order chi connectivity index (χ1) is 17.1. The molecule has 12 heteroatoms. The van der Waals surface area contributed by atoms with Gasteiger partial charge in [-0.15, -0.1) is 0 Å². The number of benzene rings is 3. The summed E-state index contributed by atoms with van der Waals surface area (Å²) in [6, 6.07) is 18.6. The van der Waals surface area contributed by atoms with E-state index in [1.165, 1.54) is 42.5 Å². The predicted octanol–water partition coefficient (Wildman–Crippen LogP) is 2.84. The fourth-order valence-electron chi connectivity index (χ4n) is 3.69. The van der Waals surface area contributed by atoms with Crippen molar-refractivity contribution in [2.45, 2.75) is 28.7 Å². The molecule has 188 valence electrons. The van der Waals surface area contributed by atoms with Gasteiger partial charge in [0.2, 0.25) is 10.0 Å². The molecule has 0 aromatic heterocycles. The van der Waals surface area contributed by atoms with Gasteiger partial charge in [0.1, 0.15) is 22.4 Å². The summed E-state index contributed by atoms with van der Waals surface area (Å²) in [4.78, 5) is 23.9. The molecule has 1 amide bonds. The normalized spacial score (nSPS) is 15.3. The monoisotopic (exact) mass is 530 g/mol. The van der Waals surface area contributed by atoms with Gasteiger partial charge >= 0.3 is 5.97 Å². The van der Waals surface area contributed by atoms with E-state index in [-0.39, 0.29) is 34.7 Å². The molecule has 0 radical (unpaired) electrons. The van der Waals surface area contributed by atoms with E-state index in [9.17, 15) is 31.5 Å². The third-order valence-electron chi connectivity index (χ3n) is 5.47. The highest BCUT2D eigenvalue weighted by molar-refractivity contribution is 7.90. The van der Waals surface area contributed by atoms with E-state index < -0.39 is 38.0 Å². The molecule has 10 nitrogen and oxygen atoms in total. The first-order valence-corrected chi connectivity index (χ1v) is 13.8. The van der Waals surface area contributed by atoms with Gasteiger partial charge in [-0.2, -0.15) is 4.72 Å². The lowest BCUT2D eigenvalue weighted by Crippen LogP contribution is -2.41. The van der Waals surface area contributed by atoms with E-state index in [4.69, 9.17) is 4.74 Å². The Balaban J connectivity index is 1.39. The van der Waals surface area contributed by atoms with Crippen molar-refractivity contribution in [3.05, 3.63) is 84.4 Å². The lowest BCUT2D eigenvalue weighted by Gasteiger charge is -2.18. The second-order valence-electron chi connectivity index (χ2n) is 7.92. The molecule has 1 heterocycles. The van der Waals surface area contributed by atoms with Gasteiger partial charge in [0, 0.05) is 6.54 Å². The van der Waals surface area contributed by atoms with Gasteiger partial charge in [0.05, 0.1) is 10.5 Å². The summed E-state index contributed by atoms with van der Waals surface area (Å²) in [5.41, 5.74) is 0.0488. The minimum atomic E-state index is -4.21. The summed E-state index contributed by atoms with van der Waals surface area (Å²) in [6.07, 6.45) is -0.304. The Hall–Kier alpha value is -3.74. The van der Waals surface area contributed by atoms with Crippen LogP contribution in [0.2, 0.25) is 0 Å². The Morgan fingerprint density at radius 2 is 1.56 bits per heavy atom. The summed E-state index contributed by atoms with van der Waals surface area (Å²) < 4.78 is 59.2. The Morgan fingerprint density at radius 1 is 0.944 bits per heavy atom. The zero-order valence-corrected chi connectivity index (χ0v) is 20.4. The molecule has 0 saturated heterocycles. The first-order valence-electron chi connectivity index (χ1n) is 10.8. The van der Waals surface area contributed by atoms with Crippen LogP contribution in [0.1, 0.15) is 23.2 Å². The molecular weight excluding hydrogens is 508 g/mol. The number of nitrogens with zero attached hydrogens (tertiary/aromatic N) is 1. The second-order valence-corrected chi connectivity index (χ2v) is 11.5. The van der Waals surface area contributed by atoms with Crippen molar-refractivity contribution < 1.29 is 36.3 Å². The zero-order chi connectivity index (χ0) is 25.9. The molecule has 0 saturated carbocycles. The molecule has 0 aliphatic carbocycles. The molecule has 0 bridgehead atoms. The number of nitrogens with one attached hydrogen (secondary N) is 1. The van der Waals surface area contributed by atoms with Crippen LogP contribution in [0.4, 0.5) is 0 Å². The van der Waals surface area contributed by atoms with Crippen LogP contribution in [0.3, 0.4) is 0 Å². The molecule has 0 fully saturated rings. The molecule has 4 rings (SSSR count). The molecule has 0 spiro atoms. The molecule has 0 unspecified atom stereocenters. The van der Waals surface area contributed by atoms with Gasteiger partial charge in [-0.05, 0) is 61.4 Å². The number of carbonyl (C=O) groups is 2. The lowest BCUT2D eigenvalue weighted by molar-refractivity contribution is -0.139. The number of carboxylic acids is 1. The highest BCUT2D eigenvalue weighted by atomic mass is 32.2. The van der Waals surface area contributed by atoms with Crippen LogP contribution >= 0.6 is 0 Å². The number of para-hydroxylation sites is 1. The second kappa shape index (κ2) is 10.1. The number of hydrogen-bond acceptors (Lipinski definition) is 7. The van der Waals surface area contributed by atoms with Crippen LogP contribution in [0, 0.1) is 0 Å². The standard InChI is InChI=1S/C24H22N2O8S2/c27-23-20-9-4-5-11-22(20)36(32,33)26(23)16-6-10-21(24(28)29)25-35(30,31)19-14-12-18(13-15-19)34-17-7-2-1-3-8-17/h1-5,7-9,11-15,21,25H,6,10,16H2,(H,28,29)/t21-/m1/s1. The van der Waals surface area contributed by atoms with Crippen molar-refractivity contribution in [2.24, 2.45) is 0 Å². The number of rotatable bonds is 10. The number of ether oxygens (including phenoxy) is 1. The van der Waals surface area contributed by atoms with Gasteiger partial charge in [0.25, 0.3) is 15.9 Å². The van der Waals surface area contributed by atoms with Crippen molar-refractivity contribution >= 4 is 31.9 Å². The smallest absolute Gasteiger partial charge is 0.321 e. The van der Waals surface area contributed by atoms with E-state index in [2.05, 4.69) is 4.72 Å². The van der Waals surface area contributed by atoms with E-state index in [0.29, 0.717) is 15.8 Å². The Bertz CT molecular complexity index is 1490. The molecular formula is C24H22N2O8S2. The summed E-state index contributed by atoms with van der Waals surface area (Å²) in [6.45, 7) is -0.285. The minimum absolute atomic E-state index is 0.0488. The fraction of sp³-hybridized carbons (Fsp3) is 0.167. The van der Waals surface area contributed by atoms with Crippen molar-refractivity contribution in [3.8, 4) is 11.5 Å². The van der Waals surface area contributed by atoms with Crippen LogP contribution < -0.4 is 9.46 Å². The maximum absolute atomic E-state index is 12.8. The van der Waals surface area contributed by atoms with Crippen LogP contribution in [0.25, 0.3) is 0 Å². The molecule has 3 aromatic rings. The van der Waals surface area contributed by atoms with Crippen LogP contribution in [-0.2, 0) is 24.8 Å². The molecule has 2 N–H and O–H groups in total. The Kier molecular flexibility index (Phi) is 7.11. The number of fused-ring (bicyclic) bond motifs is 1. The largest absolute Gasteiger partial charge is 0.480 e. The van der Waals surface area contributed by atoms with Gasteiger partial charge in [-0.25, -0.2) is 21.1 Å². The van der Waals surface area contributed by atoms with E-state index in [1.54, 1.807) is 30.3 Å². The summed E-state index contributed by atoms with van der Waals surface area (Å²) in [7, 11) is -8.24. The van der Waals surface area contributed by atoms with Crippen LogP contribution in [0.15, 0.2) is 88.7 Å². The van der Waals surface area contributed by atoms with Crippen molar-refractivity contribution in [3.63, 3.8) is 0 Å². The third kappa shape index (κ3) is 5.25. The van der Waals surface area contributed by atoms with Crippen molar-refractivity contribution in [1.29, 1.82) is 0 Å². The van der Waals surface area contributed by atoms with E-state index in [1.807, 2.05) is 6.07 Å². The van der Waals surface area contributed by atoms with E-state index in [0.717, 1.165) is 0 Å². The van der Waals surface area contributed by atoms with Gasteiger partial charge < -0.3 is 9.84 Å². The molecule has 3 aromatic carbocycles. The molecule has 36 heavy (non-hydrogen) atoms. The highest BCUT2D eigenvalue weighted by Gasteiger charge is 2.40. The number of carboxylic acid groups (broad SMARTS) is 1. The summed E-state index contributed by atoms with van der Waals surface area (Å²) in [5.74, 6) is -1.16. The number of amides is 1. The number of hydrogen-bond donors (Lipinski definition) is 2. The molecule has 1 atom stereocenters. The Morgan fingerprint density at radius 3 is 2.19 bits per heavy atom. The van der Waals surface area contributed by atoms with Gasteiger partial charge in [-0.3, -0.25) is 9.59 Å². The highest BCUT2D eigenvalue weighted by Crippen LogP contribution is 2.30. The summed E-state index contributed by atoms with van der Waals surface area (Å²) >= 11 is 0. The number of sulfonamides is 2. The fourth-order valence-corrected chi connectivity index (χ4v) is 6.52. The SMILES string of the molecule is O=C(O)[C@@H](CCCN1C(=O)c2ccccc2S1(=O)=O)NS(=O)(=O)c1ccc(Oc2ccccc2)cc1. The number of aliphatic carboxylic acids is 1. The predicted molar refractivity (Wildman–Crippen MR) is 129 cm³/mol. The van der Waals surface area contributed by atoms with Crippen molar-refractivity contribution in [2.75, 3.05) is 6.54 Å². The molecule has 1 aliphatic heterocycles. The first kappa shape index (κ1) is 25.4. The minimum Gasteiger partial charge on any atom is -0.480 e. The lowest BCUT2D eigenvalue weighted by atomic mass is 10.1. The summed E-state index contributed by atoms with van der Waals surface area (Å²) in [5, 5.41) is 9.53. The number of carbonyl (C=O) groups excluding carboxylic acids is 1. The third-order valence-corrected chi connectivity index (χ3v) is 8.80. The maximum atomic E-state index is 12.8. The topological polar surface area (TPSA) is 147 Å². The van der Waals surface area contributed by atoms with Gasteiger partial charge in [-0.1, -0.05) is 30.3 Å². The quantitative estimate of drug-likeness (QED) is 0.407. The van der Waals surface area contributed by atoms with Crippen LogP contribution in [-0.4, -0.2) is 50.7 Å². The Labute approximate surface area is 208 Å². The van der Waals surface area contributed by atoms with Gasteiger partial charge in [0.15, 0.2) is 0 Å². The average molecular weight is 531 g/mol. The van der Waals surface area contributed by atoms with E-state index >= 15 is 0 Å². The average Bonchev–Trinajstić information content (AvgIpc) is 3.05. The van der Waals surface area contributed by atoms with Crippen LogP contribution in [0.5, 0.6) is 11.5 Å². The zero-order valence-electron chi connectivity index (χ0n) is 18.8. The molecule has 1 aliphatic rings. The van der Waals surface area contributed by atoms with Crippen molar-refractivity contribution in [1.82, 2.24) is 9.03 Å². The maximum Gasteiger partial charge on any atom is 0.321 e.